The molecule has 0 aromatic heterocycles. The minimum absolute atomic E-state index is 0.152. The van der Waals surface area contributed by atoms with Crippen molar-refractivity contribution in [2.45, 2.75) is 32.2 Å². The van der Waals surface area contributed by atoms with Crippen molar-refractivity contribution >= 4 is 11.4 Å². The molecule has 0 heterocycles. The largest absolute Gasteiger partial charge is 0.383 e. The highest BCUT2D eigenvalue weighted by Gasteiger charge is 2.18. The Morgan fingerprint density at radius 1 is 1.40 bits per heavy atom. The molecule has 1 fully saturated rings. The average Bonchev–Trinajstić information content (AvgIpc) is 2.91. The van der Waals surface area contributed by atoms with Crippen molar-refractivity contribution in [3.05, 3.63) is 33.9 Å². The zero-order chi connectivity index (χ0) is 14.5. The zero-order valence-corrected chi connectivity index (χ0v) is 12.3. The predicted octanol–water partition coefficient (Wildman–Crippen LogP) is 3.26. The van der Waals surface area contributed by atoms with Crippen LogP contribution < -0.4 is 5.32 Å². The molecule has 5 nitrogen and oxygen atoms in total. The molecule has 0 atom stereocenters. The third kappa shape index (κ3) is 3.70. The molecule has 1 aromatic carbocycles. The van der Waals surface area contributed by atoms with Gasteiger partial charge in [-0.2, -0.15) is 0 Å². The molecule has 1 saturated carbocycles. The number of nitrogens with zero attached hydrogens (tertiary/aromatic N) is 2. The minimum atomic E-state index is -0.327. The Labute approximate surface area is 120 Å². The van der Waals surface area contributed by atoms with Crippen molar-refractivity contribution in [2.24, 2.45) is 5.92 Å². The van der Waals surface area contributed by atoms with Crippen molar-refractivity contribution in [3.8, 4) is 0 Å². The van der Waals surface area contributed by atoms with Crippen molar-refractivity contribution in [3.63, 3.8) is 0 Å². The molecule has 110 valence electrons. The van der Waals surface area contributed by atoms with Gasteiger partial charge in [-0.05, 0) is 37.4 Å². The number of nitro benzene ring substituents is 1. The molecular weight excluding hydrogens is 254 g/mol. The maximum absolute atomic E-state index is 11.0. The average molecular weight is 277 g/mol. The van der Waals surface area contributed by atoms with Gasteiger partial charge in [-0.3, -0.25) is 10.1 Å². The second kappa shape index (κ2) is 6.70. The van der Waals surface area contributed by atoms with E-state index >= 15 is 0 Å². The van der Waals surface area contributed by atoms with E-state index in [4.69, 9.17) is 0 Å². The monoisotopic (exact) mass is 277 g/mol. The van der Waals surface area contributed by atoms with Crippen LogP contribution in [-0.4, -0.2) is 30.5 Å². The van der Waals surface area contributed by atoms with E-state index in [0.717, 1.165) is 24.6 Å². The molecule has 0 spiro atoms. The Bertz CT molecular complexity index is 470. The van der Waals surface area contributed by atoms with Gasteiger partial charge in [0.15, 0.2) is 0 Å². The van der Waals surface area contributed by atoms with Crippen molar-refractivity contribution in [2.75, 3.05) is 26.0 Å². The lowest BCUT2D eigenvalue weighted by Crippen LogP contribution is -2.24. The molecular formula is C15H23N3O2. The number of hydrogen-bond acceptors (Lipinski definition) is 4. The summed E-state index contributed by atoms with van der Waals surface area (Å²) in [6.07, 6.45) is 5.34. The van der Waals surface area contributed by atoms with E-state index in [2.05, 4.69) is 17.3 Å². The molecule has 1 aliphatic carbocycles. The van der Waals surface area contributed by atoms with E-state index in [1.807, 2.05) is 6.07 Å². The minimum Gasteiger partial charge on any atom is -0.383 e. The van der Waals surface area contributed by atoms with Gasteiger partial charge in [0.05, 0.1) is 4.92 Å². The molecule has 20 heavy (non-hydrogen) atoms. The Balaban J connectivity index is 2.01. The van der Waals surface area contributed by atoms with Gasteiger partial charge >= 0.3 is 0 Å². The molecule has 1 aromatic rings. The highest BCUT2D eigenvalue weighted by Crippen LogP contribution is 2.27. The van der Waals surface area contributed by atoms with Gasteiger partial charge in [-0.1, -0.05) is 18.9 Å². The summed E-state index contributed by atoms with van der Waals surface area (Å²) in [4.78, 5) is 13.0. The van der Waals surface area contributed by atoms with Gasteiger partial charge in [0.2, 0.25) is 0 Å². The number of anilines is 1. The van der Waals surface area contributed by atoms with Crippen molar-refractivity contribution in [1.82, 2.24) is 4.90 Å². The molecule has 0 amide bonds. The Hall–Kier alpha value is -1.62. The molecule has 0 saturated heterocycles. The quantitative estimate of drug-likeness (QED) is 0.640. The van der Waals surface area contributed by atoms with Crippen LogP contribution >= 0.6 is 0 Å². The van der Waals surface area contributed by atoms with Crippen LogP contribution in [-0.2, 0) is 6.54 Å². The van der Waals surface area contributed by atoms with Gasteiger partial charge in [0, 0.05) is 26.2 Å². The summed E-state index contributed by atoms with van der Waals surface area (Å²) in [5.74, 6) is 0.798. The summed E-state index contributed by atoms with van der Waals surface area (Å²) in [7, 11) is 3.80. The standard InChI is InChI=1S/C15H23N3O2/c1-16-14-8-7-13(9-15(14)18(19)20)11-17(2)10-12-5-3-4-6-12/h7-9,12,16H,3-6,10-11H2,1-2H3. The Morgan fingerprint density at radius 3 is 2.70 bits per heavy atom. The summed E-state index contributed by atoms with van der Waals surface area (Å²) in [6.45, 7) is 1.85. The number of nitrogens with one attached hydrogen (secondary N) is 1. The van der Waals surface area contributed by atoms with Crippen LogP contribution in [0, 0.1) is 16.0 Å². The lowest BCUT2D eigenvalue weighted by atomic mass is 10.1. The number of benzene rings is 1. The van der Waals surface area contributed by atoms with Gasteiger partial charge in [0.1, 0.15) is 5.69 Å². The van der Waals surface area contributed by atoms with Crippen LogP contribution in [0.4, 0.5) is 11.4 Å². The molecule has 1 aliphatic rings. The Morgan fingerprint density at radius 2 is 2.10 bits per heavy atom. The third-order valence-corrected chi connectivity index (χ3v) is 4.03. The molecule has 0 bridgehead atoms. The topological polar surface area (TPSA) is 58.4 Å². The lowest BCUT2D eigenvalue weighted by Gasteiger charge is -2.20. The molecule has 0 unspecified atom stereocenters. The zero-order valence-electron chi connectivity index (χ0n) is 12.3. The summed E-state index contributed by atoms with van der Waals surface area (Å²) < 4.78 is 0. The Kier molecular flexibility index (Phi) is 4.95. The molecule has 0 radical (unpaired) electrons. The third-order valence-electron chi connectivity index (χ3n) is 4.03. The fourth-order valence-electron chi connectivity index (χ4n) is 3.05. The van der Waals surface area contributed by atoms with Crippen molar-refractivity contribution in [1.29, 1.82) is 0 Å². The maximum Gasteiger partial charge on any atom is 0.292 e. The first kappa shape index (κ1) is 14.8. The van der Waals surface area contributed by atoms with Crippen LogP contribution in [0.1, 0.15) is 31.2 Å². The first-order chi connectivity index (χ1) is 9.60. The second-order valence-corrected chi connectivity index (χ2v) is 5.71. The lowest BCUT2D eigenvalue weighted by molar-refractivity contribution is -0.384. The predicted molar refractivity (Wildman–Crippen MR) is 80.9 cm³/mol. The summed E-state index contributed by atoms with van der Waals surface area (Å²) in [5.41, 5.74) is 1.72. The summed E-state index contributed by atoms with van der Waals surface area (Å²) in [5, 5.41) is 13.9. The normalized spacial score (nSPS) is 15.8. The highest BCUT2D eigenvalue weighted by molar-refractivity contribution is 5.62. The number of nitro groups is 1. The molecule has 2 rings (SSSR count). The van der Waals surface area contributed by atoms with E-state index in [0.29, 0.717) is 5.69 Å². The van der Waals surface area contributed by atoms with E-state index in [1.54, 1.807) is 19.2 Å². The summed E-state index contributed by atoms with van der Waals surface area (Å²) >= 11 is 0. The molecule has 0 aliphatic heterocycles. The van der Waals surface area contributed by atoms with E-state index in [-0.39, 0.29) is 10.6 Å². The number of hydrogen-bond donors (Lipinski definition) is 1. The second-order valence-electron chi connectivity index (χ2n) is 5.71. The fraction of sp³-hybridized carbons (Fsp3) is 0.600. The van der Waals surface area contributed by atoms with Gasteiger partial charge in [-0.25, -0.2) is 0 Å². The first-order valence-corrected chi connectivity index (χ1v) is 7.23. The van der Waals surface area contributed by atoms with Gasteiger partial charge < -0.3 is 10.2 Å². The van der Waals surface area contributed by atoms with Crippen molar-refractivity contribution < 1.29 is 4.92 Å². The smallest absolute Gasteiger partial charge is 0.292 e. The van der Waals surface area contributed by atoms with Crippen LogP contribution in [0.25, 0.3) is 0 Å². The maximum atomic E-state index is 11.0. The highest BCUT2D eigenvalue weighted by atomic mass is 16.6. The first-order valence-electron chi connectivity index (χ1n) is 7.23. The van der Waals surface area contributed by atoms with Crippen LogP contribution in [0.15, 0.2) is 18.2 Å². The summed E-state index contributed by atoms with van der Waals surface area (Å²) in [6, 6.07) is 5.43. The van der Waals surface area contributed by atoms with Crippen LogP contribution in [0.3, 0.4) is 0 Å². The van der Waals surface area contributed by atoms with Gasteiger partial charge in [-0.15, -0.1) is 0 Å². The van der Waals surface area contributed by atoms with E-state index in [1.165, 1.54) is 25.7 Å². The van der Waals surface area contributed by atoms with Crippen LogP contribution in [0.2, 0.25) is 0 Å². The molecule has 1 N–H and O–H groups in total. The van der Waals surface area contributed by atoms with E-state index < -0.39 is 0 Å². The van der Waals surface area contributed by atoms with E-state index in [9.17, 15) is 10.1 Å². The number of rotatable bonds is 6. The fourth-order valence-corrected chi connectivity index (χ4v) is 3.05. The van der Waals surface area contributed by atoms with Gasteiger partial charge in [0.25, 0.3) is 5.69 Å². The SMILES string of the molecule is CNc1ccc(CN(C)CC2CCCC2)cc1[N+](=O)[O-]. The van der Waals surface area contributed by atoms with Crippen LogP contribution in [0.5, 0.6) is 0 Å². The molecule has 5 heteroatoms.